The number of aromatic nitrogens is 1. The van der Waals surface area contributed by atoms with Gasteiger partial charge in [0.05, 0.1) is 23.7 Å². The Bertz CT molecular complexity index is 562. The number of amides is 1. The number of likely N-dealkylation sites (N-methyl/N-ethyl adjacent to an activating group) is 1. The molecule has 0 aliphatic carbocycles. The average molecular weight is 275 g/mol. The summed E-state index contributed by atoms with van der Waals surface area (Å²) < 4.78 is 0. The van der Waals surface area contributed by atoms with Crippen LogP contribution in [0.1, 0.15) is 16.3 Å². The largest absolute Gasteiger partial charge is 0.399 e. The fourth-order valence-corrected chi connectivity index (χ4v) is 2.36. The second kappa shape index (κ2) is 5.84. The fourth-order valence-electron chi connectivity index (χ4n) is 1.76. The predicted octanol–water partition coefficient (Wildman–Crippen LogP) is 2.23. The molecule has 0 unspecified atom stereocenters. The van der Waals surface area contributed by atoms with E-state index in [9.17, 15) is 4.79 Å². The van der Waals surface area contributed by atoms with Gasteiger partial charge >= 0.3 is 0 Å². The Morgan fingerprint density at radius 3 is 2.63 bits per heavy atom. The van der Waals surface area contributed by atoms with Crippen molar-refractivity contribution in [2.45, 2.75) is 19.9 Å². The molecule has 0 saturated heterocycles. The maximum absolute atomic E-state index is 12.1. The van der Waals surface area contributed by atoms with Crippen molar-refractivity contribution in [1.29, 1.82) is 0 Å². The predicted molar refractivity (Wildman–Crippen MR) is 77.9 cm³/mol. The van der Waals surface area contributed by atoms with E-state index in [1.54, 1.807) is 23.3 Å². The minimum Gasteiger partial charge on any atom is -0.399 e. The third-order valence-corrected chi connectivity index (χ3v) is 3.65. The van der Waals surface area contributed by atoms with Crippen LogP contribution >= 0.6 is 11.3 Å². The SMILES string of the molecule is Cc1nc(CN(C)C(=O)Cc2ccc(N)cc2)cs1. The third kappa shape index (κ3) is 3.79. The van der Waals surface area contributed by atoms with Gasteiger partial charge in [-0.05, 0) is 24.6 Å². The first-order chi connectivity index (χ1) is 9.04. The second-order valence-electron chi connectivity index (χ2n) is 4.53. The Morgan fingerprint density at radius 1 is 1.37 bits per heavy atom. The molecule has 5 heteroatoms. The summed E-state index contributed by atoms with van der Waals surface area (Å²) in [7, 11) is 1.80. The molecular weight excluding hydrogens is 258 g/mol. The standard InChI is InChI=1S/C14H17N3OS/c1-10-16-13(9-19-10)8-17(2)14(18)7-11-3-5-12(15)6-4-11/h3-6,9H,7-8,15H2,1-2H3. The van der Waals surface area contributed by atoms with E-state index in [4.69, 9.17) is 5.73 Å². The Kier molecular flexibility index (Phi) is 4.16. The number of nitrogens with two attached hydrogens (primary N) is 1. The van der Waals surface area contributed by atoms with Gasteiger partial charge in [0.15, 0.2) is 0 Å². The number of carbonyl (C=O) groups is 1. The normalized spacial score (nSPS) is 10.4. The average Bonchev–Trinajstić information content (AvgIpc) is 2.77. The molecule has 1 heterocycles. The first kappa shape index (κ1) is 13.5. The number of thiazole rings is 1. The number of benzene rings is 1. The topological polar surface area (TPSA) is 59.2 Å². The molecule has 0 atom stereocenters. The van der Waals surface area contributed by atoms with Gasteiger partial charge in [-0.3, -0.25) is 4.79 Å². The lowest BCUT2D eigenvalue weighted by Gasteiger charge is -2.16. The van der Waals surface area contributed by atoms with E-state index in [0.29, 0.717) is 18.7 Å². The van der Waals surface area contributed by atoms with Gasteiger partial charge in [-0.15, -0.1) is 11.3 Å². The number of nitrogen functional groups attached to an aromatic ring is 1. The molecule has 0 bridgehead atoms. The smallest absolute Gasteiger partial charge is 0.227 e. The molecule has 0 aliphatic rings. The molecule has 0 spiro atoms. The van der Waals surface area contributed by atoms with E-state index in [1.807, 2.05) is 36.6 Å². The minimum absolute atomic E-state index is 0.0791. The van der Waals surface area contributed by atoms with Gasteiger partial charge < -0.3 is 10.6 Å². The van der Waals surface area contributed by atoms with Gasteiger partial charge in [-0.1, -0.05) is 12.1 Å². The van der Waals surface area contributed by atoms with E-state index < -0.39 is 0 Å². The fraction of sp³-hybridized carbons (Fsp3) is 0.286. The highest BCUT2D eigenvalue weighted by Crippen LogP contribution is 2.11. The molecule has 2 N–H and O–H groups in total. The Labute approximate surface area is 116 Å². The Morgan fingerprint density at radius 2 is 2.05 bits per heavy atom. The molecule has 0 radical (unpaired) electrons. The maximum atomic E-state index is 12.1. The Hall–Kier alpha value is -1.88. The summed E-state index contributed by atoms with van der Waals surface area (Å²) >= 11 is 1.60. The molecule has 4 nitrogen and oxygen atoms in total. The van der Waals surface area contributed by atoms with Crippen molar-refractivity contribution in [1.82, 2.24) is 9.88 Å². The Balaban J connectivity index is 1.94. The highest BCUT2D eigenvalue weighted by Gasteiger charge is 2.11. The molecule has 0 aliphatic heterocycles. The van der Waals surface area contributed by atoms with Crippen molar-refractivity contribution in [3.05, 3.63) is 45.9 Å². The lowest BCUT2D eigenvalue weighted by Crippen LogP contribution is -2.27. The molecule has 19 heavy (non-hydrogen) atoms. The second-order valence-corrected chi connectivity index (χ2v) is 5.59. The van der Waals surface area contributed by atoms with Crippen molar-refractivity contribution in [3.8, 4) is 0 Å². The first-order valence-corrected chi connectivity index (χ1v) is 6.92. The highest BCUT2D eigenvalue weighted by molar-refractivity contribution is 7.09. The monoisotopic (exact) mass is 275 g/mol. The minimum atomic E-state index is 0.0791. The van der Waals surface area contributed by atoms with Crippen molar-refractivity contribution in [2.75, 3.05) is 12.8 Å². The summed E-state index contributed by atoms with van der Waals surface area (Å²) in [5.74, 6) is 0.0791. The van der Waals surface area contributed by atoms with Gasteiger partial charge in [-0.2, -0.15) is 0 Å². The lowest BCUT2D eigenvalue weighted by atomic mass is 10.1. The van der Waals surface area contributed by atoms with Gasteiger partial charge in [0.2, 0.25) is 5.91 Å². The zero-order valence-corrected chi connectivity index (χ0v) is 11.9. The third-order valence-electron chi connectivity index (χ3n) is 2.83. The van der Waals surface area contributed by atoms with Crippen molar-refractivity contribution < 1.29 is 4.79 Å². The summed E-state index contributed by atoms with van der Waals surface area (Å²) in [6.07, 6.45) is 0.389. The van der Waals surface area contributed by atoms with Crippen LogP contribution in [0.15, 0.2) is 29.6 Å². The van der Waals surface area contributed by atoms with Gasteiger partial charge in [0.25, 0.3) is 0 Å². The number of hydrogen-bond acceptors (Lipinski definition) is 4. The number of aryl methyl sites for hydroxylation is 1. The number of nitrogens with zero attached hydrogens (tertiary/aromatic N) is 2. The van der Waals surface area contributed by atoms with Crippen LogP contribution in [0.25, 0.3) is 0 Å². The van der Waals surface area contributed by atoms with Crippen LogP contribution in [0.5, 0.6) is 0 Å². The van der Waals surface area contributed by atoms with Crippen molar-refractivity contribution >= 4 is 22.9 Å². The molecule has 100 valence electrons. The molecule has 2 aromatic rings. The van der Waals surface area contributed by atoms with Gasteiger partial charge in [0.1, 0.15) is 0 Å². The summed E-state index contributed by atoms with van der Waals surface area (Å²) in [6, 6.07) is 7.39. The first-order valence-electron chi connectivity index (χ1n) is 6.04. The number of rotatable bonds is 4. The van der Waals surface area contributed by atoms with Crippen LogP contribution in [0, 0.1) is 6.92 Å². The number of hydrogen-bond donors (Lipinski definition) is 1. The molecule has 1 amide bonds. The summed E-state index contributed by atoms with van der Waals surface area (Å²) in [5, 5.41) is 3.01. The van der Waals surface area contributed by atoms with Crippen molar-refractivity contribution in [2.24, 2.45) is 0 Å². The van der Waals surface area contributed by atoms with Gasteiger partial charge in [-0.25, -0.2) is 4.98 Å². The van der Waals surface area contributed by atoms with E-state index >= 15 is 0 Å². The quantitative estimate of drug-likeness (QED) is 0.871. The van der Waals surface area contributed by atoms with Gasteiger partial charge in [0, 0.05) is 18.1 Å². The van der Waals surface area contributed by atoms with E-state index in [-0.39, 0.29) is 5.91 Å². The van der Waals surface area contributed by atoms with Crippen LogP contribution in [0.4, 0.5) is 5.69 Å². The summed E-state index contributed by atoms with van der Waals surface area (Å²) in [6.45, 7) is 2.52. The van der Waals surface area contributed by atoms with E-state index in [1.165, 1.54) is 0 Å². The van der Waals surface area contributed by atoms with Crippen LogP contribution in [-0.4, -0.2) is 22.8 Å². The molecular formula is C14H17N3OS. The van der Waals surface area contributed by atoms with Crippen molar-refractivity contribution in [3.63, 3.8) is 0 Å². The van der Waals surface area contributed by atoms with Crippen LogP contribution in [0.3, 0.4) is 0 Å². The van der Waals surface area contributed by atoms with E-state index in [0.717, 1.165) is 16.3 Å². The summed E-state index contributed by atoms with van der Waals surface area (Å²) in [4.78, 5) is 18.1. The molecule has 2 rings (SSSR count). The maximum Gasteiger partial charge on any atom is 0.227 e. The van der Waals surface area contributed by atoms with Crippen LogP contribution in [-0.2, 0) is 17.8 Å². The zero-order chi connectivity index (χ0) is 13.8. The molecule has 1 aromatic heterocycles. The van der Waals surface area contributed by atoms with Crippen LogP contribution < -0.4 is 5.73 Å². The number of anilines is 1. The molecule has 0 fully saturated rings. The highest BCUT2D eigenvalue weighted by atomic mass is 32.1. The van der Waals surface area contributed by atoms with E-state index in [2.05, 4.69) is 4.98 Å². The van der Waals surface area contributed by atoms with Crippen LogP contribution in [0.2, 0.25) is 0 Å². The number of carbonyl (C=O) groups excluding carboxylic acids is 1. The molecule has 1 aromatic carbocycles. The lowest BCUT2D eigenvalue weighted by molar-refractivity contribution is -0.129. The molecule has 0 saturated carbocycles. The summed E-state index contributed by atoms with van der Waals surface area (Å²) in [5.41, 5.74) is 8.24. The zero-order valence-electron chi connectivity index (χ0n) is 11.1.